The molecule has 3 unspecified atom stereocenters. The van der Waals surface area contributed by atoms with Crippen molar-refractivity contribution in [1.29, 1.82) is 0 Å². The zero-order chi connectivity index (χ0) is 26.8. The third-order valence-corrected chi connectivity index (χ3v) is 5.03. The van der Waals surface area contributed by atoms with Crippen LogP contribution in [0, 0.1) is 6.92 Å². The Balaban J connectivity index is 3.44. The van der Waals surface area contributed by atoms with Crippen molar-refractivity contribution in [1.82, 2.24) is 15.5 Å². The maximum absolute atomic E-state index is 13.7. The van der Waals surface area contributed by atoms with E-state index in [4.69, 9.17) is 10.5 Å². The molecule has 3 atom stereocenters. The number of carbonyl (C=O) groups excluding carboxylic acids is 4. The Kier molecular flexibility index (Phi) is 11.5. The standard InChI is InChI=1S/C26H40N4O5/c1-8-11-18(4)28-23(32)22(19-13-10-12-17(3)15-19)30(14-9-2)24(33)20(16-21(27)31)29-25(34)35-26(5,6)7/h9-10,12-13,15,18,20,22H,2,8,11,14,16H2,1,3-7H3,(H2,27,31)(H,28,32)(H,29,34). The van der Waals surface area contributed by atoms with Gasteiger partial charge < -0.3 is 26.0 Å². The van der Waals surface area contributed by atoms with Crippen molar-refractivity contribution >= 4 is 23.8 Å². The minimum atomic E-state index is -1.32. The molecule has 0 aliphatic rings. The van der Waals surface area contributed by atoms with Gasteiger partial charge in [-0.2, -0.15) is 0 Å². The molecule has 0 aromatic heterocycles. The molecule has 0 bridgehead atoms. The molecule has 0 saturated carbocycles. The Morgan fingerprint density at radius 3 is 2.37 bits per heavy atom. The first-order valence-electron chi connectivity index (χ1n) is 11.8. The average Bonchev–Trinajstić information content (AvgIpc) is 2.71. The second-order valence-corrected chi connectivity index (χ2v) is 9.66. The normalized spacial score (nSPS) is 13.7. The van der Waals surface area contributed by atoms with Crippen molar-refractivity contribution in [3.8, 4) is 0 Å². The number of benzene rings is 1. The first-order chi connectivity index (χ1) is 16.3. The summed E-state index contributed by atoms with van der Waals surface area (Å²) >= 11 is 0. The number of hydrogen-bond acceptors (Lipinski definition) is 5. The SMILES string of the molecule is C=CCN(C(=O)C(CC(N)=O)NC(=O)OC(C)(C)C)C(C(=O)NC(C)CCC)c1cccc(C)c1. The zero-order valence-corrected chi connectivity index (χ0v) is 21.7. The lowest BCUT2D eigenvalue weighted by Gasteiger charge is -2.34. The molecule has 4 amide bonds. The smallest absolute Gasteiger partial charge is 0.408 e. The summed E-state index contributed by atoms with van der Waals surface area (Å²) in [5.74, 6) is -1.81. The van der Waals surface area contributed by atoms with Crippen LogP contribution in [0.4, 0.5) is 4.79 Å². The molecule has 0 saturated heterocycles. The van der Waals surface area contributed by atoms with Crippen LogP contribution in [-0.2, 0) is 19.1 Å². The summed E-state index contributed by atoms with van der Waals surface area (Å²) in [6, 6.07) is 4.82. The molecular weight excluding hydrogens is 448 g/mol. The first-order valence-corrected chi connectivity index (χ1v) is 11.8. The van der Waals surface area contributed by atoms with Crippen molar-refractivity contribution in [3.63, 3.8) is 0 Å². The highest BCUT2D eigenvalue weighted by atomic mass is 16.6. The fourth-order valence-electron chi connectivity index (χ4n) is 3.65. The van der Waals surface area contributed by atoms with E-state index in [0.29, 0.717) is 5.56 Å². The van der Waals surface area contributed by atoms with Gasteiger partial charge in [0, 0.05) is 12.6 Å². The quantitative estimate of drug-likeness (QED) is 0.389. The Labute approximate surface area is 208 Å². The third-order valence-electron chi connectivity index (χ3n) is 5.03. The van der Waals surface area contributed by atoms with Crippen LogP contribution in [0.1, 0.15) is 71.0 Å². The van der Waals surface area contributed by atoms with E-state index in [9.17, 15) is 19.2 Å². The number of carbonyl (C=O) groups is 4. The Hall–Kier alpha value is -3.36. The lowest BCUT2D eigenvalue weighted by Crippen LogP contribution is -2.54. The Bertz CT molecular complexity index is 909. The van der Waals surface area contributed by atoms with Crippen LogP contribution in [0.5, 0.6) is 0 Å². The highest BCUT2D eigenvalue weighted by Crippen LogP contribution is 2.24. The van der Waals surface area contributed by atoms with Gasteiger partial charge in [0.1, 0.15) is 17.7 Å². The number of rotatable bonds is 12. The maximum atomic E-state index is 13.7. The van der Waals surface area contributed by atoms with Gasteiger partial charge in [-0.25, -0.2) is 4.79 Å². The molecule has 0 spiro atoms. The molecule has 0 radical (unpaired) electrons. The number of hydrogen-bond donors (Lipinski definition) is 3. The number of ether oxygens (including phenoxy) is 1. The van der Waals surface area contributed by atoms with Gasteiger partial charge in [-0.1, -0.05) is 49.2 Å². The van der Waals surface area contributed by atoms with E-state index in [1.165, 1.54) is 11.0 Å². The van der Waals surface area contributed by atoms with E-state index in [-0.39, 0.29) is 18.5 Å². The number of amides is 4. The lowest BCUT2D eigenvalue weighted by molar-refractivity contribution is -0.143. The Morgan fingerprint density at radius 1 is 1.20 bits per heavy atom. The van der Waals surface area contributed by atoms with Gasteiger partial charge in [-0.15, -0.1) is 6.58 Å². The van der Waals surface area contributed by atoms with Crippen LogP contribution < -0.4 is 16.4 Å². The maximum Gasteiger partial charge on any atom is 0.408 e. The van der Waals surface area contributed by atoms with E-state index in [1.54, 1.807) is 32.9 Å². The fourth-order valence-corrected chi connectivity index (χ4v) is 3.65. The summed E-state index contributed by atoms with van der Waals surface area (Å²) < 4.78 is 5.26. The van der Waals surface area contributed by atoms with Gasteiger partial charge in [0.25, 0.3) is 0 Å². The van der Waals surface area contributed by atoms with Crippen LogP contribution in [0.3, 0.4) is 0 Å². The summed E-state index contributed by atoms with van der Waals surface area (Å²) in [4.78, 5) is 52.6. The van der Waals surface area contributed by atoms with E-state index >= 15 is 0 Å². The fraction of sp³-hybridized carbons (Fsp3) is 0.538. The highest BCUT2D eigenvalue weighted by molar-refractivity contribution is 5.94. The molecular formula is C26H40N4O5. The molecule has 0 aliphatic heterocycles. The number of nitrogens with two attached hydrogens (primary N) is 1. The number of nitrogens with one attached hydrogen (secondary N) is 2. The summed E-state index contributed by atoms with van der Waals surface area (Å²) in [5, 5.41) is 5.42. The van der Waals surface area contributed by atoms with Gasteiger partial charge in [-0.05, 0) is 46.6 Å². The molecule has 35 heavy (non-hydrogen) atoms. The largest absolute Gasteiger partial charge is 0.444 e. The lowest BCUT2D eigenvalue weighted by atomic mass is 9.99. The molecule has 0 aliphatic carbocycles. The second kappa shape index (κ2) is 13.5. The van der Waals surface area contributed by atoms with Crippen LogP contribution in [0.25, 0.3) is 0 Å². The van der Waals surface area contributed by atoms with Crippen LogP contribution in [0.15, 0.2) is 36.9 Å². The van der Waals surface area contributed by atoms with Crippen LogP contribution >= 0.6 is 0 Å². The summed E-state index contributed by atoms with van der Waals surface area (Å²) in [6.45, 7) is 14.6. The minimum Gasteiger partial charge on any atom is -0.444 e. The topological polar surface area (TPSA) is 131 Å². The summed E-state index contributed by atoms with van der Waals surface area (Å²) in [5.41, 5.74) is 6.06. The predicted octanol–water partition coefficient (Wildman–Crippen LogP) is 3.12. The van der Waals surface area contributed by atoms with Gasteiger partial charge in [0.2, 0.25) is 17.7 Å². The predicted molar refractivity (Wildman–Crippen MR) is 135 cm³/mol. The van der Waals surface area contributed by atoms with Gasteiger partial charge >= 0.3 is 6.09 Å². The van der Waals surface area contributed by atoms with E-state index in [2.05, 4.69) is 17.2 Å². The molecule has 1 aromatic rings. The van der Waals surface area contributed by atoms with Gasteiger partial charge in [-0.3, -0.25) is 14.4 Å². The molecule has 0 heterocycles. The van der Waals surface area contributed by atoms with Crippen molar-refractivity contribution in [3.05, 3.63) is 48.0 Å². The first kappa shape index (κ1) is 29.7. The molecule has 1 rings (SSSR count). The second-order valence-electron chi connectivity index (χ2n) is 9.66. The van der Waals surface area contributed by atoms with Crippen molar-refractivity contribution in [2.24, 2.45) is 5.73 Å². The summed E-state index contributed by atoms with van der Waals surface area (Å²) in [7, 11) is 0. The van der Waals surface area contributed by atoms with Crippen LogP contribution in [0.2, 0.25) is 0 Å². The molecule has 1 aromatic carbocycles. The zero-order valence-electron chi connectivity index (χ0n) is 21.7. The van der Waals surface area contributed by atoms with Crippen molar-refractivity contribution in [2.45, 2.75) is 84.5 Å². The Morgan fingerprint density at radius 2 is 1.86 bits per heavy atom. The van der Waals surface area contributed by atoms with E-state index < -0.39 is 42.0 Å². The molecule has 9 heteroatoms. The number of aryl methyl sites for hydroxylation is 1. The number of alkyl carbamates (subject to hydrolysis) is 1. The minimum absolute atomic E-state index is 0.00171. The van der Waals surface area contributed by atoms with Crippen molar-refractivity contribution < 1.29 is 23.9 Å². The highest BCUT2D eigenvalue weighted by Gasteiger charge is 2.36. The molecule has 194 valence electrons. The number of nitrogens with zero attached hydrogens (tertiary/aromatic N) is 1. The molecule has 4 N–H and O–H groups in total. The van der Waals surface area contributed by atoms with Crippen LogP contribution in [-0.4, -0.2) is 52.9 Å². The third kappa shape index (κ3) is 10.2. The van der Waals surface area contributed by atoms with Crippen molar-refractivity contribution in [2.75, 3.05) is 6.54 Å². The molecule has 0 fully saturated rings. The number of primary amides is 1. The van der Waals surface area contributed by atoms with Gasteiger partial charge in [0.05, 0.1) is 6.42 Å². The van der Waals surface area contributed by atoms with Gasteiger partial charge in [0.15, 0.2) is 0 Å². The van der Waals surface area contributed by atoms with E-state index in [1.807, 2.05) is 32.9 Å². The molecule has 9 nitrogen and oxygen atoms in total. The average molecular weight is 489 g/mol. The monoisotopic (exact) mass is 488 g/mol. The summed E-state index contributed by atoms with van der Waals surface area (Å²) in [6.07, 6.45) is 1.81. The van der Waals surface area contributed by atoms with E-state index in [0.717, 1.165) is 18.4 Å².